The van der Waals surface area contributed by atoms with Gasteiger partial charge < -0.3 is 0 Å². The van der Waals surface area contributed by atoms with E-state index in [1.54, 1.807) is 32.1 Å². The van der Waals surface area contributed by atoms with Gasteiger partial charge in [-0.15, -0.1) is 0 Å². The van der Waals surface area contributed by atoms with E-state index >= 15 is 0 Å². The van der Waals surface area contributed by atoms with Gasteiger partial charge in [-0.2, -0.15) is 0 Å². The summed E-state index contributed by atoms with van der Waals surface area (Å²) < 4.78 is 0. The maximum Gasteiger partial charge on any atom is -0.0224 e. The molecule has 0 nitrogen and oxygen atoms in total. The molecule has 0 aliphatic heterocycles. The molecule has 0 heteroatoms. The molecule has 0 aromatic carbocycles. The van der Waals surface area contributed by atoms with Gasteiger partial charge >= 0.3 is 0 Å². The topological polar surface area (TPSA) is 0 Å². The zero-order valence-electron chi connectivity index (χ0n) is 14.9. The average molecular weight is 289 g/mol. The molecule has 0 N–H and O–H groups in total. The highest BCUT2D eigenvalue weighted by Crippen LogP contribution is 2.93. The first kappa shape index (κ1) is 14.6. The van der Waals surface area contributed by atoms with E-state index in [1.807, 2.05) is 0 Å². The third-order valence-corrected chi connectivity index (χ3v) is 8.90. The summed E-state index contributed by atoms with van der Waals surface area (Å²) in [7, 11) is 0. The van der Waals surface area contributed by atoms with Crippen LogP contribution in [0.1, 0.15) is 91.9 Å². The van der Waals surface area contributed by atoms with Crippen molar-refractivity contribution in [2.24, 2.45) is 39.9 Å². The minimum Gasteiger partial charge on any atom is -0.0654 e. The predicted octanol–water partition coefficient (Wildman–Crippen LogP) is 6.45. The van der Waals surface area contributed by atoms with Crippen LogP contribution < -0.4 is 0 Å². The van der Waals surface area contributed by atoms with Crippen LogP contribution in [-0.4, -0.2) is 0 Å². The lowest BCUT2D eigenvalue weighted by Gasteiger charge is -2.49. The van der Waals surface area contributed by atoms with Gasteiger partial charge in [-0.05, 0) is 78.4 Å². The van der Waals surface area contributed by atoms with Crippen LogP contribution in [0.25, 0.3) is 0 Å². The van der Waals surface area contributed by atoms with E-state index in [9.17, 15) is 0 Å². The molecule has 120 valence electrons. The largest absolute Gasteiger partial charge is 0.0654 e. The highest BCUT2D eigenvalue weighted by Gasteiger charge is 2.88. The Bertz CT molecular complexity index is 418. The van der Waals surface area contributed by atoms with Crippen LogP contribution in [0.3, 0.4) is 0 Å². The molecule has 0 heterocycles. The van der Waals surface area contributed by atoms with Crippen molar-refractivity contribution in [3.63, 3.8) is 0 Å². The molecule has 0 amide bonds. The quantitative estimate of drug-likeness (QED) is 0.505. The molecule has 6 unspecified atom stereocenters. The van der Waals surface area contributed by atoms with Crippen LogP contribution >= 0.6 is 0 Å². The fraction of sp³-hybridized carbons (Fsp3) is 1.00. The normalized spacial score (nSPS) is 51.4. The van der Waals surface area contributed by atoms with E-state index < -0.39 is 0 Å². The molecule has 4 rings (SSSR count). The first-order chi connectivity index (χ1) is 10.2. The maximum absolute atomic E-state index is 2.53. The van der Waals surface area contributed by atoms with Crippen molar-refractivity contribution >= 4 is 0 Å². The van der Waals surface area contributed by atoms with Crippen molar-refractivity contribution < 1.29 is 0 Å². The van der Waals surface area contributed by atoms with Gasteiger partial charge in [0.05, 0.1) is 0 Å². The molecule has 4 aliphatic rings. The first-order valence-corrected chi connectivity index (χ1v) is 10.2. The highest BCUT2D eigenvalue weighted by molar-refractivity contribution is 5.35. The third-order valence-electron chi connectivity index (χ3n) is 8.90. The average Bonchev–Trinajstić information content (AvgIpc) is 2.76. The van der Waals surface area contributed by atoms with Crippen molar-refractivity contribution in [1.82, 2.24) is 0 Å². The lowest BCUT2D eigenvalue weighted by atomic mass is 9.56. The molecule has 0 aromatic rings. The summed E-state index contributed by atoms with van der Waals surface area (Å²) in [5.74, 6) is 4.63. The second-order valence-electron chi connectivity index (χ2n) is 9.28. The molecule has 1 spiro atoms. The van der Waals surface area contributed by atoms with Gasteiger partial charge in [-0.3, -0.25) is 0 Å². The van der Waals surface area contributed by atoms with Crippen LogP contribution in [-0.2, 0) is 0 Å². The number of hydrogen-bond acceptors (Lipinski definition) is 0. The second-order valence-corrected chi connectivity index (χ2v) is 9.28. The predicted molar refractivity (Wildman–Crippen MR) is 90.1 cm³/mol. The molecule has 0 radical (unpaired) electrons. The molecule has 21 heavy (non-hydrogen) atoms. The fourth-order valence-corrected chi connectivity index (χ4v) is 9.00. The Balaban J connectivity index is 1.78. The van der Waals surface area contributed by atoms with Crippen molar-refractivity contribution in [3.05, 3.63) is 0 Å². The molecule has 4 aliphatic carbocycles. The molecule has 0 aromatic heterocycles. The van der Waals surface area contributed by atoms with Gasteiger partial charge in [0.15, 0.2) is 0 Å². The standard InChI is InChI=1S/C21H36/c1-5-10-19(8-4)14-21-13-9-15-16(21)17(21)18(19)20(15,11-6-2)12-7-3/h15-18H,5-14H2,1-4H3. The van der Waals surface area contributed by atoms with E-state index in [-0.39, 0.29) is 0 Å². The monoisotopic (exact) mass is 288 g/mol. The van der Waals surface area contributed by atoms with Gasteiger partial charge in [0.2, 0.25) is 0 Å². The van der Waals surface area contributed by atoms with Gasteiger partial charge in [0.1, 0.15) is 0 Å². The minimum atomic E-state index is 0.745. The molecule has 0 bridgehead atoms. The Morgan fingerprint density at radius 2 is 1.52 bits per heavy atom. The zero-order chi connectivity index (χ0) is 14.9. The van der Waals surface area contributed by atoms with Crippen LogP contribution in [0.5, 0.6) is 0 Å². The molecular weight excluding hydrogens is 252 g/mol. The molecule has 4 saturated carbocycles. The van der Waals surface area contributed by atoms with Crippen molar-refractivity contribution in [3.8, 4) is 0 Å². The lowest BCUT2D eigenvalue weighted by molar-refractivity contribution is 0.00136. The highest BCUT2D eigenvalue weighted by atomic mass is 14.9. The third kappa shape index (κ3) is 1.44. The smallest absolute Gasteiger partial charge is 0.0224 e. The van der Waals surface area contributed by atoms with Crippen LogP contribution in [0.2, 0.25) is 0 Å². The zero-order valence-corrected chi connectivity index (χ0v) is 14.9. The van der Waals surface area contributed by atoms with Gasteiger partial charge in [-0.1, -0.05) is 53.4 Å². The Hall–Kier alpha value is 0. The lowest BCUT2D eigenvalue weighted by Crippen LogP contribution is -2.41. The summed E-state index contributed by atoms with van der Waals surface area (Å²) in [4.78, 5) is 0. The minimum absolute atomic E-state index is 0.745. The Morgan fingerprint density at radius 3 is 2.10 bits per heavy atom. The van der Waals surface area contributed by atoms with Crippen molar-refractivity contribution in [1.29, 1.82) is 0 Å². The Labute approximate surface area is 132 Å². The summed E-state index contributed by atoms with van der Waals surface area (Å²) >= 11 is 0. The van der Waals surface area contributed by atoms with E-state index in [0.717, 1.165) is 28.1 Å². The summed E-state index contributed by atoms with van der Waals surface area (Å²) in [6.45, 7) is 9.86. The van der Waals surface area contributed by atoms with E-state index in [0.29, 0.717) is 0 Å². The van der Waals surface area contributed by atoms with E-state index in [1.165, 1.54) is 43.9 Å². The van der Waals surface area contributed by atoms with E-state index in [4.69, 9.17) is 0 Å². The van der Waals surface area contributed by atoms with Gasteiger partial charge in [0, 0.05) is 0 Å². The number of rotatable bonds is 7. The summed E-state index contributed by atoms with van der Waals surface area (Å²) in [6, 6.07) is 0. The maximum atomic E-state index is 2.53. The molecule has 4 fully saturated rings. The molecule has 6 atom stereocenters. The summed E-state index contributed by atoms with van der Waals surface area (Å²) in [5.41, 5.74) is 2.39. The summed E-state index contributed by atoms with van der Waals surface area (Å²) in [6.07, 6.45) is 15.2. The van der Waals surface area contributed by atoms with Gasteiger partial charge in [-0.25, -0.2) is 0 Å². The van der Waals surface area contributed by atoms with Crippen LogP contribution in [0, 0.1) is 39.9 Å². The van der Waals surface area contributed by atoms with Crippen molar-refractivity contribution in [2.45, 2.75) is 91.9 Å². The molecule has 0 saturated heterocycles. The van der Waals surface area contributed by atoms with Crippen molar-refractivity contribution in [2.75, 3.05) is 0 Å². The van der Waals surface area contributed by atoms with E-state index in [2.05, 4.69) is 27.7 Å². The van der Waals surface area contributed by atoms with Gasteiger partial charge in [0.25, 0.3) is 0 Å². The fourth-order valence-electron chi connectivity index (χ4n) is 9.00. The van der Waals surface area contributed by atoms with Crippen LogP contribution in [0.4, 0.5) is 0 Å². The first-order valence-electron chi connectivity index (χ1n) is 10.2. The second kappa shape index (κ2) is 4.51. The number of hydrogen-bond donors (Lipinski definition) is 0. The Kier molecular flexibility index (Phi) is 3.13. The molecular formula is C21H36. The Morgan fingerprint density at radius 1 is 0.857 bits per heavy atom. The van der Waals surface area contributed by atoms with Crippen LogP contribution in [0.15, 0.2) is 0 Å². The SMILES string of the molecule is CCCC1(CC)CC23CCC4C2C3C1C4(CCC)CCC. The summed E-state index contributed by atoms with van der Waals surface area (Å²) in [5, 5.41) is 0.